The first-order chi connectivity index (χ1) is 5.83. The van der Waals surface area contributed by atoms with Crippen LogP contribution in [-0.4, -0.2) is 22.2 Å². The lowest BCUT2D eigenvalue weighted by atomic mass is 9.97. The fourth-order valence-electron chi connectivity index (χ4n) is 1.70. The van der Waals surface area contributed by atoms with E-state index in [0.29, 0.717) is 6.42 Å². The summed E-state index contributed by atoms with van der Waals surface area (Å²) in [5, 5.41) is 9.02. The van der Waals surface area contributed by atoms with E-state index in [1.54, 1.807) is 10.8 Å². The predicted octanol–water partition coefficient (Wildman–Crippen LogP) is 0.998. The van der Waals surface area contributed by atoms with Gasteiger partial charge in [0.1, 0.15) is 0 Å². The fourth-order valence-corrected chi connectivity index (χ4v) is 1.70. The Labute approximate surface area is 70.6 Å². The Kier molecular flexibility index (Phi) is 1.73. The topological polar surface area (TPSA) is 42.2 Å². The molecule has 3 nitrogen and oxygen atoms in total. The van der Waals surface area contributed by atoms with Crippen LogP contribution < -0.4 is 0 Å². The molecule has 0 fully saturated rings. The van der Waals surface area contributed by atoms with Crippen LogP contribution in [0.2, 0.25) is 0 Å². The molecule has 0 unspecified atom stereocenters. The second-order valence-electron chi connectivity index (χ2n) is 3.11. The summed E-state index contributed by atoms with van der Waals surface area (Å²) in [7, 11) is 0. The van der Waals surface area contributed by atoms with Gasteiger partial charge in [0.05, 0.1) is 6.61 Å². The smallest absolute Gasteiger partial charge is 0.230 e. The zero-order valence-electron chi connectivity index (χ0n) is 6.73. The molecule has 0 bridgehead atoms. The molecule has 2 rings (SSSR count). The maximum absolute atomic E-state index is 11.3. The third kappa shape index (κ3) is 0.975. The number of rotatable bonds is 1. The minimum atomic E-state index is 0.136. The van der Waals surface area contributed by atoms with Gasteiger partial charge in [0.25, 0.3) is 0 Å². The van der Waals surface area contributed by atoms with E-state index in [1.807, 2.05) is 12.1 Å². The van der Waals surface area contributed by atoms with Crippen molar-refractivity contribution in [3.05, 3.63) is 24.0 Å². The molecule has 1 N–H and O–H groups in total. The average molecular weight is 165 g/mol. The third-order valence-electron chi connectivity index (χ3n) is 2.39. The highest BCUT2D eigenvalue weighted by Gasteiger charge is 2.23. The maximum atomic E-state index is 11.3. The monoisotopic (exact) mass is 165 g/mol. The van der Waals surface area contributed by atoms with E-state index in [-0.39, 0.29) is 18.4 Å². The highest BCUT2D eigenvalue weighted by atomic mass is 16.3. The first kappa shape index (κ1) is 7.55. The molecule has 2 heterocycles. The summed E-state index contributed by atoms with van der Waals surface area (Å²) < 4.78 is 1.64. The van der Waals surface area contributed by atoms with Crippen molar-refractivity contribution < 1.29 is 9.90 Å². The molecule has 12 heavy (non-hydrogen) atoms. The van der Waals surface area contributed by atoms with Crippen molar-refractivity contribution in [2.45, 2.75) is 18.8 Å². The molecule has 0 amide bonds. The Bertz CT molecular complexity index is 303. The van der Waals surface area contributed by atoms with Gasteiger partial charge in [0, 0.05) is 24.2 Å². The molecule has 64 valence electrons. The molecule has 0 saturated heterocycles. The highest BCUT2D eigenvalue weighted by molar-refractivity contribution is 5.81. The lowest BCUT2D eigenvalue weighted by Gasteiger charge is -2.21. The van der Waals surface area contributed by atoms with Crippen molar-refractivity contribution in [1.82, 2.24) is 4.57 Å². The maximum Gasteiger partial charge on any atom is 0.230 e. The van der Waals surface area contributed by atoms with Crippen LogP contribution >= 0.6 is 0 Å². The van der Waals surface area contributed by atoms with Gasteiger partial charge in [-0.15, -0.1) is 0 Å². The summed E-state index contributed by atoms with van der Waals surface area (Å²) in [4.78, 5) is 11.3. The Balaban J connectivity index is 2.42. The molecule has 1 aliphatic heterocycles. The summed E-state index contributed by atoms with van der Waals surface area (Å²) in [5.74, 6) is 0.289. The molecule has 0 radical (unpaired) electrons. The number of aliphatic hydroxyl groups excluding tert-OH is 1. The van der Waals surface area contributed by atoms with Crippen molar-refractivity contribution in [1.29, 1.82) is 0 Å². The zero-order chi connectivity index (χ0) is 8.55. The Morgan fingerprint density at radius 1 is 1.67 bits per heavy atom. The van der Waals surface area contributed by atoms with Crippen LogP contribution in [0, 0.1) is 0 Å². The first-order valence-corrected chi connectivity index (χ1v) is 4.14. The van der Waals surface area contributed by atoms with Crippen molar-refractivity contribution in [3.63, 3.8) is 0 Å². The minimum Gasteiger partial charge on any atom is -0.396 e. The summed E-state index contributed by atoms with van der Waals surface area (Å²) in [6.07, 6.45) is 3.09. The van der Waals surface area contributed by atoms with E-state index in [1.165, 1.54) is 0 Å². The second-order valence-corrected chi connectivity index (χ2v) is 3.11. The Morgan fingerprint density at radius 3 is 3.25 bits per heavy atom. The summed E-state index contributed by atoms with van der Waals surface area (Å²) in [6.45, 7) is 0.136. The van der Waals surface area contributed by atoms with Gasteiger partial charge >= 0.3 is 0 Å². The second kappa shape index (κ2) is 2.75. The highest BCUT2D eigenvalue weighted by Crippen LogP contribution is 2.26. The van der Waals surface area contributed by atoms with E-state index in [4.69, 9.17) is 5.11 Å². The van der Waals surface area contributed by atoms with Crippen molar-refractivity contribution in [2.75, 3.05) is 6.61 Å². The minimum absolute atomic E-state index is 0.136. The molecular formula is C9H11NO2. The number of nitrogens with zero attached hydrogens (tertiary/aromatic N) is 1. The van der Waals surface area contributed by atoms with Crippen LogP contribution in [0.3, 0.4) is 0 Å². The lowest BCUT2D eigenvalue weighted by molar-refractivity contribution is 0.0864. The van der Waals surface area contributed by atoms with Crippen molar-refractivity contribution in [2.24, 2.45) is 0 Å². The largest absolute Gasteiger partial charge is 0.396 e. The summed E-state index contributed by atoms with van der Waals surface area (Å²) in [6, 6.07) is 3.75. The Morgan fingerprint density at radius 2 is 2.50 bits per heavy atom. The summed E-state index contributed by atoms with van der Waals surface area (Å²) >= 11 is 0. The number of aliphatic hydroxyl groups is 1. The van der Waals surface area contributed by atoms with Crippen molar-refractivity contribution >= 4 is 5.91 Å². The lowest BCUT2D eigenvalue weighted by Crippen LogP contribution is -2.23. The number of hydrogen-bond acceptors (Lipinski definition) is 2. The van der Waals surface area contributed by atoms with Gasteiger partial charge in [-0.2, -0.15) is 0 Å². The van der Waals surface area contributed by atoms with E-state index in [0.717, 1.165) is 12.1 Å². The molecule has 1 atom stereocenters. The molecule has 1 aromatic heterocycles. The summed E-state index contributed by atoms with van der Waals surface area (Å²) in [5.41, 5.74) is 0.953. The van der Waals surface area contributed by atoms with E-state index >= 15 is 0 Å². The molecule has 1 aliphatic rings. The van der Waals surface area contributed by atoms with Gasteiger partial charge in [-0.25, -0.2) is 0 Å². The number of fused-ring (bicyclic) bond motifs is 1. The van der Waals surface area contributed by atoms with E-state index in [9.17, 15) is 4.79 Å². The van der Waals surface area contributed by atoms with E-state index < -0.39 is 0 Å². The average Bonchev–Trinajstić information content (AvgIpc) is 2.54. The standard InChI is InChI=1S/C9H11NO2/c11-6-7-3-4-9(12)10-5-1-2-8(7)10/h1-2,5,7,11H,3-4,6H2/t7-/m0/s1. The molecule has 1 aromatic rings. The van der Waals surface area contributed by atoms with Gasteiger partial charge in [0.15, 0.2) is 0 Å². The SMILES string of the molecule is O=C1CC[C@@H](CO)c2cccn21. The zero-order valence-corrected chi connectivity index (χ0v) is 6.73. The first-order valence-electron chi connectivity index (χ1n) is 4.14. The van der Waals surface area contributed by atoms with Gasteiger partial charge in [-0.1, -0.05) is 0 Å². The molecule has 0 aromatic carbocycles. The van der Waals surface area contributed by atoms with Crippen molar-refractivity contribution in [3.8, 4) is 0 Å². The number of hydrogen-bond donors (Lipinski definition) is 1. The van der Waals surface area contributed by atoms with Gasteiger partial charge < -0.3 is 5.11 Å². The van der Waals surface area contributed by atoms with Gasteiger partial charge in [-0.05, 0) is 18.6 Å². The van der Waals surface area contributed by atoms with Gasteiger partial charge in [-0.3, -0.25) is 9.36 Å². The van der Waals surface area contributed by atoms with Crippen LogP contribution in [0.4, 0.5) is 0 Å². The predicted molar refractivity (Wildman–Crippen MR) is 44.1 cm³/mol. The molecular weight excluding hydrogens is 154 g/mol. The fraction of sp³-hybridized carbons (Fsp3) is 0.444. The van der Waals surface area contributed by atoms with E-state index in [2.05, 4.69) is 0 Å². The van der Waals surface area contributed by atoms with Crippen LogP contribution in [0.5, 0.6) is 0 Å². The molecule has 0 saturated carbocycles. The Hall–Kier alpha value is -1.09. The van der Waals surface area contributed by atoms with Crippen LogP contribution in [0.1, 0.15) is 29.2 Å². The normalized spacial score (nSPS) is 22.4. The van der Waals surface area contributed by atoms with Gasteiger partial charge in [0.2, 0.25) is 5.91 Å². The molecule has 0 aliphatic carbocycles. The number of aromatic nitrogens is 1. The van der Waals surface area contributed by atoms with Crippen LogP contribution in [0.15, 0.2) is 18.3 Å². The molecule has 0 spiro atoms. The number of carbonyl (C=O) groups is 1. The quantitative estimate of drug-likeness (QED) is 0.674. The van der Waals surface area contributed by atoms with Crippen LogP contribution in [0.25, 0.3) is 0 Å². The third-order valence-corrected chi connectivity index (χ3v) is 2.39. The number of carbonyl (C=O) groups excluding carboxylic acids is 1. The van der Waals surface area contributed by atoms with Crippen LogP contribution in [-0.2, 0) is 0 Å². The molecule has 3 heteroatoms.